The topological polar surface area (TPSA) is 56.3 Å². The van der Waals surface area contributed by atoms with E-state index in [1.165, 1.54) is 5.57 Å². The van der Waals surface area contributed by atoms with Gasteiger partial charge >= 0.3 is 0 Å². The van der Waals surface area contributed by atoms with Gasteiger partial charge in [-0.15, -0.1) is 0 Å². The molecule has 2 atom stereocenters. The van der Waals surface area contributed by atoms with E-state index in [4.69, 9.17) is 21.1 Å². The second-order valence-corrected chi connectivity index (χ2v) is 5.43. The van der Waals surface area contributed by atoms with Crippen molar-refractivity contribution >= 4 is 17.5 Å². The molecule has 6 heteroatoms. The second kappa shape index (κ2) is 7.57. The zero-order valence-corrected chi connectivity index (χ0v) is 12.6. The zero-order valence-electron chi connectivity index (χ0n) is 11.8. The summed E-state index contributed by atoms with van der Waals surface area (Å²) in [5.74, 6) is 0.542. The van der Waals surface area contributed by atoms with Gasteiger partial charge in [-0.25, -0.2) is 9.97 Å². The first-order chi connectivity index (χ1) is 9.65. The molecule has 0 amide bonds. The fraction of sp³-hybridized carbons (Fsp3) is 0.571. The minimum atomic E-state index is 0.0514. The maximum atomic E-state index is 5.90. The highest BCUT2D eigenvalue weighted by molar-refractivity contribution is 6.30. The van der Waals surface area contributed by atoms with Gasteiger partial charge in [0, 0.05) is 6.61 Å². The molecule has 0 aliphatic carbocycles. The summed E-state index contributed by atoms with van der Waals surface area (Å²) in [5, 5.41) is 3.76. The van der Waals surface area contributed by atoms with E-state index in [0.717, 1.165) is 13.0 Å². The van der Waals surface area contributed by atoms with E-state index in [0.29, 0.717) is 24.2 Å². The molecule has 0 radical (unpaired) electrons. The summed E-state index contributed by atoms with van der Waals surface area (Å²) < 4.78 is 11.4. The van der Waals surface area contributed by atoms with E-state index in [-0.39, 0.29) is 12.1 Å². The molecule has 2 rings (SSSR count). The molecule has 110 valence electrons. The van der Waals surface area contributed by atoms with Crippen molar-refractivity contribution in [3.63, 3.8) is 0 Å². The molecule has 0 saturated carbocycles. The van der Waals surface area contributed by atoms with E-state index in [9.17, 15) is 0 Å². The summed E-state index contributed by atoms with van der Waals surface area (Å²) in [4.78, 5) is 8.28. The van der Waals surface area contributed by atoms with Crippen molar-refractivity contribution in [1.82, 2.24) is 9.97 Å². The van der Waals surface area contributed by atoms with Crippen LogP contribution in [0.25, 0.3) is 0 Å². The number of hydrogen-bond acceptors (Lipinski definition) is 5. The van der Waals surface area contributed by atoms with Crippen LogP contribution in [0.5, 0.6) is 0 Å². The van der Waals surface area contributed by atoms with Crippen molar-refractivity contribution < 1.29 is 9.47 Å². The maximum Gasteiger partial charge on any atom is 0.223 e. The molecule has 1 saturated heterocycles. The summed E-state index contributed by atoms with van der Waals surface area (Å²) in [6, 6.07) is 0.0514. The van der Waals surface area contributed by atoms with Gasteiger partial charge in [0.2, 0.25) is 5.95 Å². The van der Waals surface area contributed by atoms with Crippen LogP contribution in [0.2, 0.25) is 5.02 Å². The average Bonchev–Trinajstić information content (AvgIpc) is 2.43. The average molecular weight is 298 g/mol. The van der Waals surface area contributed by atoms with Crippen molar-refractivity contribution in [2.75, 3.05) is 25.1 Å². The van der Waals surface area contributed by atoms with E-state index in [1.807, 2.05) is 0 Å². The fourth-order valence-corrected chi connectivity index (χ4v) is 2.04. The SMILES string of the molecule is CC(C)=CCO[C@@H]1CCOC[C@@H]1Nc1ncc(Cl)cn1. The van der Waals surface area contributed by atoms with Crippen LogP contribution in [0.15, 0.2) is 24.0 Å². The van der Waals surface area contributed by atoms with Crippen molar-refractivity contribution in [2.45, 2.75) is 32.4 Å². The van der Waals surface area contributed by atoms with Gasteiger partial charge in [-0.2, -0.15) is 0 Å². The molecule has 1 aliphatic rings. The van der Waals surface area contributed by atoms with E-state index < -0.39 is 0 Å². The Bertz CT molecular complexity index is 446. The Balaban J connectivity index is 1.92. The van der Waals surface area contributed by atoms with E-state index in [1.54, 1.807) is 12.4 Å². The van der Waals surface area contributed by atoms with Crippen molar-refractivity contribution in [2.24, 2.45) is 0 Å². The van der Waals surface area contributed by atoms with Crippen molar-refractivity contribution in [3.05, 3.63) is 29.1 Å². The number of aromatic nitrogens is 2. The zero-order chi connectivity index (χ0) is 14.4. The number of halogens is 1. The molecule has 5 nitrogen and oxygen atoms in total. The molecular weight excluding hydrogens is 278 g/mol. The van der Waals surface area contributed by atoms with Gasteiger partial charge in [-0.3, -0.25) is 0 Å². The van der Waals surface area contributed by atoms with Crippen molar-refractivity contribution in [3.8, 4) is 0 Å². The molecule has 20 heavy (non-hydrogen) atoms. The predicted octanol–water partition coefficient (Wildman–Crippen LogP) is 2.68. The lowest BCUT2D eigenvalue weighted by molar-refractivity contribution is -0.0319. The molecule has 1 N–H and O–H groups in total. The highest BCUT2D eigenvalue weighted by Crippen LogP contribution is 2.16. The molecule has 1 aromatic rings. The third-order valence-corrected chi connectivity index (χ3v) is 3.22. The molecule has 0 bridgehead atoms. The molecule has 0 aromatic carbocycles. The molecule has 1 aromatic heterocycles. The first-order valence-corrected chi connectivity index (χ1v) is 7.10. The lowest BCUT2D eigenvalue weighted by atomic mass is 10.1. The van der Waals surface area contributed by atoms with Gasteiger partial charge in [0.25, 0.3) is 0 Å². The van der Waals surface area contributed by atoms with E-state index in [2.05, 4.69) is 35.2 Å². The quantitative estimate of drug-likeness (QED) is 0.847. The van der Waals surface area contributed by atoms with Crippen LogP contribution in [0.3, 0.4) is 0 Å². The Morgan fingerprint density at radius 2 is 2.25 bits per heavy atom. The van der Waals surface area contributed by atoms with E-state index >= 15 is 0 Å². The lowest BCUT2D eigenvalue weighted by Gasteiger charge is -2.31. The van der Waals surface area contributed by atoms with Crippen LogP contribution < -0.4 is 5.32 Å². The standard InChI is InChI=1S/C14H20ClN3O2/c1-10(2)3-6-20-13-4-5-19-9-12(13)18-14-16-7-11(15)8-17-14/h3,7-8,12-13H,4-6,9H2,1-2H3,(H,16,17,18)/t12-,13+/m0/s1. The molecule has 0 spiro atoms. The van der Waals surface area contributed by atoms with Crippen LogP contribution in [-0.4, -0.2) is 41.9 Å². The third kappa shape index (κ3) is 4.74. The van der Waals surface area contributed by atoms with Gasteiger partial charge in [-0.05, 0) is 20.3 Å². The van der Waals surface area contributed by atoms with Gasteiger partial charge in [0.15, 0.2) is 0 Å². The first-order valence-electron chi connectivity index (χ1n) is 6.72. The monoisotopic (exact) mass is 297 g/mol. The summed E-state index contributed by atoms with van der Waals surface area (Å²) >= 11 is 5.77. The first kappa shape index (κ1) is 15.2. The number of nitrogens with one attached hydrogen (secondary N) is 1. The Kier molecular flexibility index (Phi) is 5.76. The Morgan fingerprint density at radius 3 is 2.95 bits per heavy atom. The summed E-state index contributed by atoms with van der Waals surface area (Å²) in [7, 11) is 0. The highest BCUT2D eigenvalue weighted by Gasteiger charge is 2.26. The van der Waals surface area contributed by atoms with Gasteiger partial charge in [0.1, 0.15) is 0 Å². The Morgan fingerprint density at radius 1 is 1.50 bits per heavy atom. The predicted molar refractivity (Wildman–Crippen MR) is 79.1 cm³/mol. The number of hydrogen-bond donors (Lipinski definition) is 1. The molecular formula is C14H20ClN3O2. The molecule has 2 heterocycles. The number of nitrogens with zero attached hydrogens (tertiary/aromatic N) is 2. The highest BCUT2D eigenvalue weighted by atomic mass is 35.5. The summed E-state index contributed by atoms with van der Waals surface area (Å²) in [6.07, 6.45) is 6.17. The summed E-state index contributed by atoms with van der Waals surface area (Å²) in [6.45, 7) is 6.05. The van der Waals surface area contributed by atoms with Crippen LogP contribution in [-0.2, 0) is 9.47 Å². The minimum Gasteiger partial charge on any atom is -0.379 e. The molecule has 0 unspecified atom stereocenters. The van der Waals surface area contributed by atoms with Crippen LogP contribution in [0.1, 0.15) is 20.3 Å². The summed E-state index contributed by atoms with van der Waals surface area (Å²) in [5.41, 5.74) is 1.25. The largest absolute Gasteiger partial charge is 0.379 e. The number of allylic oxidation sites excluding steroid dienone is 1. The number of anilines is 1. The number of ether oxygens (including phenoxy) is 2. The molecule has 1 fully saturated rings. The smallest absolute Gasteiger partial charge is 0.223 e. The molecule has 1 aliphatic heterocycles. The number of rotatable bonds is 5. The minimum absolute atomic E-state index is 0.0514. The van der Waals surface area contributed by atoms with Gasteiger partial charge < -0.3 is 14.8 Å². The normalized spacial score (nSPS) is 22.4. The van der Waals surface area contributed by atoms with Gasteiger partial charge in [-0.1, -0.05) is 23.3 Å². The van der Waals surface area contributed by atoms with Gasteiger partial charge in [0.05, 0.1) is 42.8 Å². The van der Waals surface area contributed by atoms with Crippen molar-refractivity contribution in [1.29, 1.82) is 0 Å². The fourth-order valence-electron chi connectivity index (χ4n) is 1.94. The third-order valence-electron chi connectivity index (χ3n) is 3.03. The Labute approximate surface area is 124 Å². The van der Waals surface area contributed by atoms with Crippen LogP contribution in [0.4, 0.5) is 5.95 Å². The lowest BCUT2D eigenvalue weighted by Crippen LogP contribution is -2.44. The maximum absolute atomic E-state index is 5.90. The van der Waals surface area contributed by atoms with Crippen LogP contribution in [0, 0.1) is 0 Å². The second-order valence-electron chi connectivity index (χ2n) is 4.99. The Hall–Kier alpha value is -1.17. The van der Waals surface area contributed by atoms with Crippen LogP contribution >= 0.6 is 11.6 Å².